The van der Waals surface area contributed by atoms with Crippen molar-refractivity contribution in [3.8, 4) is 0 Å². The average Bonchev–Trinajstić information content (AvgIpc) is 2.92. The zero-order chi connectivity index (χ0) is 14.7. The van der Waals surface area contributed by atoms with Gasteiger partial charge in [-0.2, -0.15) is 0 Å². The van der Waals surface area contributed by atoms with Gasteiger partial charge in [-0.1, -0.05) is 0 Å². The molecule has 1 aromatic rings. The lowest BCUT2D eigenvalue weighted by molar-refractivity contribution is -0.384. The predicted molar refractivity (Wildman–Crippen MR) is 75.2 cm³/mol. The molecule has 0 unspecified atom stereocenters. The molecule has 108 valence electrons. The smallest absolute Gasteiger partial charge is 0.293 e. The van der Waals surface area contributed by atoms with Gasteiger partial charge < -0.3 is 10.1 Å². The SMILES string of the molecule is CC(=O)c1ccc(N[C@@H](C)[C@H]2CCCO2)c([N+](=O)[O-])c1. The number of nitro groups is 1. The predicted octanol–water partition coefficient (Wildman–Crippen LogP) is 2.78. The summed E-state index contributed by atoms with van der Waals surface area (Å²) in [6.45, 7) is 4.07. The van der Waals surface area contributed by atoms with Gasteiger partial charge in [0.05, 0.1) is 11.0 Å². The number of carbonyl (C=O) groups excluding carboxylic acids is 1. The zero-order valence-electron chi connectivity index (χ0n) is 11.6. The summed E-state index contributed by atoms with van der Waals surface area (Å²) in [7, 11) is 0. The van der Waals surface area contributed by atoms with E-state index in [0.717, 1.165) is 19.4 Å². The molecular formula is C14H18N2O4. The van der Waals surface area contributed by atoms with Crippen LogP contribution < -0.4 is 5.32 Å². The lowest BCUT2D eigenvalue weighted by Crippen LogP contribution is -2.30. The Bertz CT molecular complexity index is 524. The Hall–Kier alpha value is -1.95. The van der Waals surface area contributed by atoms with Crippen molar-refractivity contribution in [2.45, 2.75) is 38.8 Å². The lowest BCUT2D eigenvalue weighted by Gasteiger charge is -2.21. The van der Waals surface area contributed by atoms with Crippen LogP contribution in [0.1, 0.15) is 37.0 Å². The van der Waals surface area contributed by atoms with E-state index in [1.807, 2.05) is 6.92 Å². The third kappa shape index (κ3) is 3.14. The molecule has 0 radical (unpaired) electrons. The maximum atomic E-state index is 11.3. The number of rotatable bonds is 5. The maximum absolute atomic E-state index is 11.3. The number of nitro benzene ring substituents is 1. The van der Waals surface area contributed by atoms with Crippen LogP contribution in [0.15, 0.2) is 18.2 Å². The van der Waals surface area contributed by atoms with Crippen molar-refractivity contribution in [3.63, 3.8) is 0 Å². The van der Waals surface area contributed by atoms with Crippen molar-refractivity contribution >= 4 is 17.2 Å². The first-order valence-corrected chi connectivity index (χ1v) is 6.66. The van der Waals surface area contributed by atoms with Gasteiger partial charge in [-0.25, -0.2) is 0 Å². The second kappa shape index (κ2) is 6.00. The Morgan fingerprint density at radius 3 is 2.85 bits per heavy atom. The van der Waals surface area contributed by atoms with E-state index in [1.165, 1.54) is 13.0 Å². The van der Waals surface area contributed by atoms with Gasteiger partial charge in [0.15, 0.2) is 5.78 Å². The molecular weight excluding hydrogens is 260 g/mol. The number of benzene rings is 1. The van der Waals surface area contributed by atoms with Crippen LogP contribution >= 0.6 is 0 Å². The number of ether oxygens (including phenoxy) is 1. The number of carbonyl (C=O) groups is 1. The molecule has 1 heterocycles. The summed E-state index contributed by atoms with van der Waals surface area (Å²) in [6.07, 6.45) is 2.04. The van der Waals surface area contributed by atoms with E-state index in [0.29, 0.717) is 11.3 Å². The van der Waals surface area contributed by atoms with Gasteiger partial charge in [0.25, 0.3) is 5.69 Å². The largest absolute Gasteiger partial charge is 0.376 e. The lowest BCUT2D eigenvalue weighted by atomic mass is 10.1. The Morgan fingerprint density at radius 1 is 1.55 bits per heavy atom. The molecule has 20 heavy (non-hydrogen) atoms. The van der Waals surface area contributed by atoms with Crippen LogP contribution in [-0.4, -0.2) is 29.5 Å². The maximum Gasteiger partial charge on any atom is 0.293 e. The minimum absolute atomic E-state index is 0.0145. The molecule has 0 amide bonds. The molecule has 0 saturated carbocycles. The molecule has 1 fully saturated rings. The molecule has 1 aliphatic heterocycles. The van der Waals surface area contributed by atoms with Crippen molar-refractivity contribution in [2.24, 2.45) is 0 Å². The highest BCUT2D eigenvalue weighted by Gasteiger charge is 2.25. The van der Waals surface area contributed by atoms with Gasteiger partial charge in [0, 0.05) is 24.3 Å². The minimum Gasteiger partial charge on any atom is -0.376 e. The third-order valence-electron chi connectivity index (χ3n) is 3.51. The average molecular weight is 278 g/mol. The number of anilines is 1. The number of hydrogen-bond acceptors (Lipinski definition) is 5. The molecule has 1 aromatic carbocycles. The van der Waals surface area contributed by atoms with E-state index in [-0.39, 0.29) is 23.6 Å². The molecule has 0 spiro atoms. The van der Waals surface area contributed by atoms with Crippen LogP contribution in [0.25, 0.3) is 0 Å². The summed E-state index contributed by atoms with van der Waals surface area (Å²) >= 11 is 0. The van der Waals surface area contributed by atoms with E-state index in [1.54, 1.807) is 12.1 Å². The number of Topliss-reactive ketones (excluding diaryl/α,β-unsaturated/α-hetero) is 1. The third-order valence-corrected chi connectivity index (χ3v) is 3.51. The van der Waals surface area contributed by atoms with E-state index < -0.39 is 4.92 Å². The van der Waals surface area contributed by atoms with Crippen molar-refractivity contribution < 1.29 is 14.5 Å². The van der Waals surface area contributed by atoms with Crippen LogP contribution in [0.4, 0.5) is 11.4 Å². The molecule has 1 saturated heterocycles. The first kappa shape index (κ1) is 14.5. The summed E-state index contributed by atoms with van der Waals surface area (Å²) in [5.41, 5.74) is 0.678. The standard InChI is InChI=1S/C14H18N2O4/c1-9(14-4-3-7-20-14)15-12-6-5-11(10(2)17)8-13(12)16(18)19/h5-6,8-9,14-15H,3-4,7H2,1-2H3/t9-,14+/m0/s1. The summed E-state index contributed by atoms with van der Waals surface area (Å²) in [5, 5.41) is 14.2. The highest BCUT2D eigenvalue weighted by atomic mass is 16.6. The van der Waals surface area contributed by atoms with Gasteiger partial charge in [0.1, 0.15) is 5.69 Å². The van der Waals surface area contributed by atoms with Crippen molar-refractivity contribution in [3.05, 3.63) is 33.9 Å². The number of hydrogen-bond donors (Lipinski definition) is 1. The summed E-state index contributed by atoms with van der Waals surface area (Å²) in [4.78, 5) is 21.9. The fourth-order valence-electron chi connectivity index (χ4n) is 2.36. The van der Waals surface area contributed by atoms with E-state index in [4.69, 9.17) is 4.74 Å². The van der Waals surface area contributed by atoms with Crippen molar-refractivity contribution in [1.29, 1.82) is 0 Å². The topological polar surface area (TPSA) is 81.5 Å². The van der Waals surface area contributed by atoms with Crippen LogP contribution in [0, 0.1) is 10.1 Å². The fourth-order valence-corrected chi connectivity index (χ4v) is 2.36. The summed E-state index contributed by atoms with van der Waals surface area (Å²) in [5.74, 6) is -0.188. The number of nitrogens with one attached hydrogen (secondary N) is 1. The molecule has 1 aliphatic rings. The summed E-state index contributed by atoms with van der Waals surface area (Å²) in [6, 6.07) is 4.48. The van der Waals surface area contributed by atoms with E-state index in [9.17, 15) is 14.9 Å². The molecule has 6 nitrogen and oxygen atoms in total. The van der Waals surface area contributed by atoms with Gasteiger partial charge in [-0.15, -0.1) is 0 Å². The number of nitrogens with zero attached hydrogens (tertiary/aromatic N) is 1. The van der Waals surface area contributed by atoms with Gasteiger partial charge >= 0.3 is 0 Å². The normalized spacial score (nSPS) is 19.6. The van der Waals surface area contributed by atoms with Gasteiger partial charge in [0.2, 0.25) is 0 Å². The Balaban J connectivity index is 2.21. The second-order valence-corrected chi connectivity index (χ2v) is 5.03. The van der Waals surface area contributed by atoms with Crippen LogP contribution in [0.5, 0.6) is 0 Å². The Morgan fingerprint density at radius 2 is 2.30 bits per heavy atom. The van der Waals surface area contributed by atoms with Crippen LogP contribution in [0.3, 0.4) is 0 Å². The quantitative estimate of drug-likeness (QED) is 0.509. The molecule has 2 rings (SSSR count). The van der Waals surface area contributed by atoms with Crippen molar-refractivity contribution in [1.82, 2.24) is 0 Å². The van der Waals surface area contributed by atoms with Gasteiger partial charge in [-0.05, 0) is 38.8 Å². The van der Waals surface area contributed by atoms with E-state index >= 15 is 0 Å². The number of ketones is 1. The zero-order valence-corrected chi connectivity index (χ0v) is 11.6. The van der Waals surface area contributed by atoms with Gasteiger partial charge in [-0.3, -0.25) is 14.9 Å². The second-order valence-electron chi connectivity index (χ2n) is 5.03. The fraction of sp³-hybridized carbons (Fsp3) is 0.500. The minimum atomic E-state index is -0.475. The molecule has 2 atom stereocenters. The summed E-state index contributed by atoms with van der Waals surface area (Å²) < 4.78 is 5.56. The molecule has 0 aromatic heterocycles. The first-order chi connectivity index (χ1) is 9.49. The van der Waals surface area contributed by atoms with Crippen LogP contribution in [0.2, 0.25) is 0 Å². The van der Waals surface area contributed by atoms with E-state index in [2.05, 4.69) is 5.32 Å². The molecule has 1 N–H and O–H groups in total. The molecule has 0 bridgehead atoms. The highest BCUT2D eigenvalue weighted by Crippen LogP contribution is 2.28. The first-order valence-electron chi connectivity index (χ1n) is 6.66. The Kier molecular flexibility index (Phi) is 4.34. The van der Waals surface area contributed by atoms with Crippen molar-refractivity contribution in [2.75, 3.05) is 11.9 Å². The molecule has 6 heteroatoms. The molecule has 0 aliphatic carbocycles. The monoisotopic (exact) mass is 278 g/mol. The highest BCUT2D eigenvalue weighted by molar-refractivity contribution is 5.95. The Labute approximate surface area is 117 Å². The van der Waals surface area contributed by atoms with Crippen LogP contribution in [-0.2, 0) is 4.74 Å².